The second kappa shape index (κ2) is 9.99. The quantitative estimate of drug-likeness (QED) is 0.596. The Kier molecular flexibility index (Phi) is 7.97. The topological polar surface area (TPSA) is 93.2 Å². The zero-order valence-corrected chi connectivity index (χ0v) is 17.4. The third-order valence-electron chi connectivity index (χ3n) is 4.91. The summed E-state index contributed by atoms with van der Waals surface area (Å²) < 4.78 is 36.5. The predicted octanol–water partition coefficient (Wildman–Crippen LogP) is 1.22. The Balaban J connectivity index is 1.92. The van der Waals surface area contributed by atoms with Gasteiger partial charge in [-0.1, -0.05) is 26.0 Å². The Morgan fingerprint density at radius 2 is 1.68 bits per heavy atom. The van der Waals surface area contributed by atoms with Gasteiger partial charge in [-0.15, -0.1) is 0 Å². The summed E-state index contributed by atoms with van der Waals surface area (Å²) in [6.07, 6.45) is 0.989. The molecule has 1 aromatic rings. The van der Waals surface area contributed by atoms with E-state index in [1.54, 1.807) is 12.1 Å². The van der Waals surface area contributed by atoms with Crippen molar-refractivity contribution in [1.29, 1.82) is 0 Å². The van der Waals surface area contributed by atoms with Crippen LogP contribution in [0.5, 0.6) is 0 Å². The van der Waals surface area contributed by atoms with E-state index in [0.717, 1.165) is 12.0 Å². The van der Waals surface area contributed by atoms with E-state index >= 15 is 0 Å². The first-order valence-corrected chi connectivity index (χ1v) is 10.8. The fraction of sp³-hybridized carbons (Fsp3) is 0.579. The molecular weight excluding hydrogens is 384 g/mol. The third-order valence-corrected chi connectivity index (χ3v) is 6.82. The van der Waals surface area contributed by atoms with Gasteiger partial charge < -0.3 is 14.4 Å². The van der Waals surface area contributed by atoms with E-state index in [1.165, 1.54) is 16.3 Å². The molecule has 9 heteroatoms. The number of ether oxygens (including phenoxy) is 2. The molecule has 28 heavy (non-hydrogen) atoms. The van der Waals surface area contributed by atoms with E-state index in [4.69, 9.17) is 4.74 Å². The Hall–Kier alpha value is -1.97. The van der Waals surface area contributed by atoms with Crippen LogP contribution in [0.15, 0.2) is 29.2 Å². The van der Waals surface area contributed by atoms with Crippen molar-refractivity contribution in [3.63, 3.8) is 0 Å². The molecule has 0 saturated carbocycles. The number of benzene rings is 1. The number of rotatable bonds is 8. The van der Waals surface area contributed by atoms with Gasteiger partial charge in [-0.05, 0) is 30.0 Å². The highest BCUT2D eigenvalue weighted by Crippen LogP contribution is 2.23. The fourth-order valence-corrected chi connectivity index (χ4v) is 4.35. The molecule has 1 saturated heterocycles. The van der Waals surface area contributed by atoms with Crippen molar-refractivity contribution in [2.45, 2.75) is 31.1 Å². The highest BCUT2D eigenvalue weighted by Gasteiger charge is 2.30. The van der Waals surface area contributed by atoms with Gasteiger partial charge in [0.05, 0.1) is 4.90 Å². The first-order chi connectivity index (χ1) is 13.3. The van der Waals surface area contributed by atoms with Crippen LogP contribution in [0.25, 0.3) is 0 Å². The molecule has 1 aromatic carbocycles. The number of nitrogens with zero attached hydrogens (tertiary/aromatic N) is 2. The molecule has 0 radical (unpaired) electrons. The summed E-state index contributed by atoms with van der Waals surface area (Å²) in [7, 11) is -2.24. The van der Waals surface area contributed by atoms with Crippen molar-refractivity contribution in [1.82, 2.24) is 9.21 Å². The van der Waals surface area contributed by atoms with Crippen LogP contribution in [-0.4, -0.2) is 76.0 Å². The molecule has 0 bridgehead atoms. The molecule has 1 fully saturated rings. The summed E-state index contributed by atoms with van der Waals surface area (Å²) in [6, 6.07) is 7.00. The zero-order chi connectivity index (χ0) is 20.7. The van der Waals surface area contributed by atoms with E-state index in [9.17, 15) is 18.0 Å². The van der Waals surface area contributed by atoms with Crippen molar-refractivity contribution >= 4 is 21.9 Å². The molecule has 0 aromatic heterocycles. The van der Waals surface area contributed by atoms with Crippen LogP contribution in [-0.2, 0) is 29.1 Å². The highest BCUT2D eigenvalue weighted by atomic mass is 32.2. The molecule has 0 aliphatic carbocycles. The van der Waals surface area contributed by atoms with Crippen LogP contribution in [0.3, 0.4) is 0 Å². The summed E-state index contributed by atoms with van der Waals surface area (Å²) in [5, 5.41) is 0. The summed E-state index contributed by atoms with van der Waals surface area (Å²) in [5.74, 6) is -0.582. The molecule has 0 spiro atoms. The van der Waals surface area contributed by atoms with Crippen LogP contribution in [0.4, 0.5) is 0 Å². The third kappa shape index (κ3) is 5.52. The van der Waals surface area contributed by atoms with Crippen LogP contribution < -0.4 is 0 Å². The lowest BCUT2D eigenvalue weighted by Crippen LogP contribution is -2.51. The second-order valence-corrected chi connectivity index (χ2v) is 8.69. The van der Waals surface area contributed by atoms with Crippen molar-refractivity contribution in [3.8, 4) is 0 Å². The molecular formula is C19H28N2O6S. The lowest BCUT2D eigenvalue weighted by atomic mass is 9.99. The van der Waals surface area contributed by atoms with Crippen molar-refractivity contribution in [2.75, 3.05) is 46.5 Å². The lowest BCUT2D eigenvalue weighted by Gasteiger charge is -2.33. The molecule has 1 amide bonds. The minimum atomic E-state index is -3.60. The van der Waals surface area contributed by atoms with Gasteiger partial charge >= 0.3 is 5.97 Å². The maximum atomic E-state index is 12.8. The van der Waals surface area contributed by atoms with E-state index in [0.29, 0.717) is 5.92 Å². The average Bonchev–Trinajstić information content (AvgIpc) is 2.71. The number of sulfonamides is 1. The maximum absolute atomic E-state index is 12.8. The lowest BCUT2D eigenvalue weighted by molar-refractivity contribution is -0.155. The number of carbonyl (C=O) groups excluding carboxylic acids is 2. The number of hydrogen-bond donors (Lipinski definition) is 0. The largest absolute Gasteiger partial charge is 0.454 e. The SMILES string of the molecule is CC[C@H](C)c1ccc(S(=O)(=O)N2CCN(C(=O)COC(=O)COC)CC2)cc1. The van der Waals surface area contributed by atoms with E-state index in [-0.39, 0.29) is 50.2 Å². The van der Waals surface area contributed by atoms with Gasteiger partial charge in [0.25, 0.3) is 5.91 Å². The molecule has 1 aliphatic heterocycles. The number of esters is 1. The molecule has 1 aliphatic rings. The van der Waals surface area contributed by atoms with Gasteiger partial charge in [0.2, 0.25) is 10.0 Å². The Morgan fingerprint density at radius 3 is 2.21 bits per heavy atom. The standard InChI is InChI=1S/C19H28N2O6S/c1-4-15(2)16-5-7-17(8-6-16)28(24,25)21-11-9-20(10-12-21)18(22)13-27-19(23)14-26-3/h5-8,15H,4,9-14H2,1-3H3/t15-/m0/s1. The van der Waals surface area contributed by atoms with Gasteiger partial charge in [0.1, 0.15) is 6.61 Å². The summed E-state index contributed by atoms with van der Waals surface area (Å²) >= 11 is 0. The minimum Gasteiger partial charge on any atom is -0.454 e. The Morgan fingerprint density at radius 1 is 1.07 bits per heavy atom. The molecule has 0 unspecified atom stereocenters. The van der Waals surface area contributed by atoms with Gasteiger partial charge in [-0.25, -0.2) is 13.2 Å². The van der Waals surface area contributed by atoms with Crippen LogP contribution in [0.1, 0.15) is 31.7 Å². The first kappa shape index (κ1) is 22.3. The van der Waals surface area contributed by atoms with Crippen molar-refractivity contribution in [2.24, 2.45) is 0 Å². The van der Waals surface area contributed by atoms with E-state index in [2.05, 4.69) is 18.6 Å². The zero-order valence-electron chi connectivity index (χ0n) is 16.6. The maximum Gasteiger partial charge on any atom is 0.332 e. The van der Waals surface area contributed by atoms with Gasteiger partial charge in [0, 0.05) is 33.3 Å². The fourth-order valence-electron chi connectivity index (χ4n) is 2.92. The molecule has 1 atom stereocenters. The molecule has 0 N–H and O–H groups in total. The van der Waals surface area contributed by atoms with Gasteiger partial charge in [-0.3, -0.25) is 4.79 Å². The highest BCUT2D eigenvalue weighted by molar-refractivity contribution is 7.89. The molecule has 1 heterocycles. The first-order valence-electron chi connectivity index (χ1n) is 9.32. The molecule has 156 valence electrons. The van der Waals surface area contributed by atoms with Crippen molar-refractivity contribution in [3.05, 3.63) is 29.8 Å². The normalized spacial score (nSPS) is 16.6. The van der Waals surface area contributed by atoms with Crippen LogP contribution in [0, 0.1) is 0 Å². The number of piperazine rings is 1. The second-order valence-electron chi connectivity index (χ2n) is 6.76. The summed E-state index contributed by atoms with van der Waals surface area (Å²) in [4.78, 5) is 25.1. The van der Waals surface area contributed by atoms with Gasteiger partial charge in [0.15, 0.2) is 6.61 Å². The Labute approximate surface area is 166 Å². The minimum absolute atomic E-state index is 0.202. The average molecular weight is 413 g/mol. The molecule has 8 nitrogen and oxygen atoms in total. The predicted molar refractivity (Wildman–Crippen MR) is 103 cm³/mol. The summed E-state index contributed by atoms with van der Waals surface area (Å²) in [5.41, 5.74) is 1.11. The van der Waals surface area contributed by atoms with Crippen LogP contribution >= 0.6 is 0 Å². The molecule has 2 rings (SSSR count). The van der Waals surface area contributed by atoms with E-state index < -0.39 is 16.0 Å². The number of amides is 1. The number of hydrogen-bond acceptors (Lipinski definition) is 6. The van der Waals surface area contributed by atoms with Crippen molar-refractivity contribution < 1.29 is 27.5 Å². The smallest absolute Gasteiger partial charge is 0.332 e. The van der Waals surface area contributed by atoms with E-state index in [1.807, 2.05) is 12.1 Å². The number of methoxy groups -OCH3 is 1. The van der Waals surface area contributed by atoms with Gasteiger partial charge in [-0.2, -0.15) is 4.31 Å². The number of carbonyl (C=O) groups is 2. The summed E-state index contributed by atoms with van der Waals surface area (Å²) in [6.45, 7) is 4.53. The Bertz CT molecular complexity index is 770. The van der Waals surface area contributed by atoms with Crippen LogP contribution in [0.2, 0.25) is 0 Å². The monoisotopic (exact) mass is 412 g/mol.